The van der Waals surface area contributed by atoms with Crippen LogP contribution in [0.25, 0.3) is 0 Å². The van der Waals surface area contributed by atoms with Crippen LogP contribution >= 0.6 is 0 Å². The van der Waals surface area contributed by atoms with Gasteiger partial charge in [0.1, 0.15) is 11.9 Å². The Hall–Kier alpha value is -1.28. The molecule has 0 saturated carbocycles. The number of allylic oxidation sites excluding steroid dienone is 1. The monoisotopic (exact) mass is 261 g/mol. The molecule has 0 amide bonds. The lowest BCUT2D eigenvalue weighted by Gasteiger charge is -2.20. The molecule has 0 bridgehead atoms. The van der Waals surface area contributed by atoms with Gasteiger partial charge in [-0.05, 0) is 38.3 Å². The van der Waals surface area contributed by atoms with Crippen LogP contribution in [0.1, 0.15) is 39.2 Å². The smallest absolute Gasteiger partial charge is 0.123 e. The number of ether oxygens (including phenoxy) is 1. The Morgan fingerprint density at radius 3 is 2.74 bits per heavy atom. The molecule has 0 heterocycles. The Morgan fingerprint density at radius 1 is 1.32 bits per heavy atom. The van der Waals surface area contributed by atoms with Crippen molar-refractivity contribution in [2.45, 2.75) is 52.2 Å². The molecular formula is C17H27NO. The molecule has 0 aliphatic rings. The minimum Gasteiger partial charge on any atom is -0.489 e. The number of benzene rings is 1. The average molecular weight is 261 g/mol. The van der Waals surface area contributed by atoms with Crippen LogP contribution in [0.5, 0.6) is 5.75 Å². The molecule has 0 saturated heterocycles. The largest absolute Gasteiger partial charge is 0.489 e. The highest BCUT2D eigenvalue weighted by atomic mass is 16.5. The van der Waals surface area contributed by atoms with Crippen LogP contribution in [-0.4, -0.2) is 18.7 Å². The van der Waals surface area contributed by atoms with Gasteiger partial charge in [-0.15, -0.1) is 6.58 Å². The van der Waals surface area contributed by atoms with Gasteiger partial charge in [0.25, 0.3) is 0 Å². The van der Waals surface area contributed by atoms with Gasteiger partial charge in [0.15, 0.2) is 0 Å². The van der Waals surface area contributed by atoms with Crippen LogP contribution < -0.4 is 10.1 Å². The van der Waals surface area contributed by atoms with Crippen LogP contribution in [0.15, 0.2) is 36.9 Å². The van der Waals surface area contributed by atoms with Gasteiger partial charge < -0.3 is 10.1 Å². The highest BCUT2D eigenvalue weighted by molar-refractivity contribution is 5.34. The summed E-state index contributed by atoms with van der Waals surface area (Å²) >= 11 is 0. The molecule has 0 aromatic heterocycles. The summed E-state index contributed by atoms with van der Waals surface area (Å²) in [4.78, 5) is 0. The lowest BCUT2D eigenvalue weighted by molar-refractivity contribution is 0.210. The summed E-state index contributed by atoms with van der Waals surface area (Å²) in [5, 5.41) is 3.51. The van der Waals surface area contributed by atoms with E-state index in [0.29, 0.717) is 6.04 Å². The normalized spacial score (nSPS) is 13.8. The first-order valence-corrected chi connectivity index (χ1v) is 7.26. The molecule has 0 fully saturated rings. The zero-order valence-electron chi connectivity index (χ0n) is 12.5. The van der Waals surface area contributed by atoms with Crippen molar-refractivity contribution in [3.63, 3.8) is 0 Å². The van der Waals surface area contributed by atoms with Gasteiger partial charge in [0, 0.05) is 12.6 Å². The number of nitrogens with one attached hydrogen (secondary N) is 1. The van der Waals surface area contributed by atoms with Crippen molar-refractivity contribution in [2.24, 2.45) is 0 Å². The van der Waals surface area contributed by atoms with Crippen LogP contribution in [0, 0.1) is 0 Å². The molecule has 1 rings (SSSR count). The summed E-state index contributed by atoms with van der Waals surface area (Å²) in [7, 11) is 0. The Balaban J connectivity index is 2.47. The van der Waals surface area contributed by atoms with Crippen molar-refractivity contribution in [3.8, 4) is 5.75 Å². The number of hydrogen-bond donors (Lipinski definition) is 1. The maximum atomic E-state index is 6.02. The predicted octanol–water partition coefficient (Wildman–Crippen LogP) is 3.96. The molecule has 0 aliphatic heterocycles. The zero-order valence-corrected chi connectivity index (χ0v) is 12.5. The standard InChI is InChI=1S/C17H27NO/c1-5-9-14(3)18-13-15(4)19-17-12-8-7-11-16(17)10-6-2/h6-8,11-12,14-15,18H,2,5,9-10,13H2,1,3-4H3. The quantitative estimate of drug-likeness (QED) is 0.679. The van der Waals surface area contributed by atoms with Crippen molar-refractivity contribution in [2.75, 3.05) is 6.54 Å². The average Bonchev–Trinajstić information content (AvgIpc) is 2.39. The second-order valence-corrected chi connectivity index (χ2v) is 5.13. The lowest BCUT2D eigenvalue weighted by Crippen LogP contribution is -2.35. The third-order valence-electron chi connectivity index (χ3n) is 3.14. The van der Waals surface area contributed by atoms with Crippen LogP contribution in [0.2, 0.25) is 0 Å². The minimum atomic E-state index is 0.172. The van der Waals surface area contributed by atoms with Crippen molar-refractivity contribution in [1.82, 2.24) is 5.32 Å². The predicted molar refractivity (Wildman–Crippen MR) is 82.8 cm³/mol. The van der Waals surface area contributed by atoms with E-state index >= 15 is 0 Å². The van der Waals surface area contributed by atoms with Crippen molar-refractivity contribution in [3.05, 3.63) is 42.5 Å². The maximum Gasteiger partial charge on any atom is 0.123 e. The van der Waals surface area contributed by atoms with E-state index in [1.54, 1.807) is 0 Å². The molecule has 106 valence electrons. The van der Waals surface area contributed by atoms with E-state index in [1.165, 1.54) is 18.4 Å². The third-order valence-corrected chi connectivity index (χ3v) is 3.14. The van der Waals surface area contributed by atoms with Gasteiger partial charge in [0.2, 0.25) is 0 Å². The molecule has 0 radical (unpaired) electrons. The molecule has 1 N–H and O–H groups in total. The topological polar surface area (TPSA) is 21.3 Å². The first kappa shape index (κ1) is 15.8. The first-order chi connectivity index (χ1) is 9.17. The third kappa shape index (κ3) is 5.93. The molecular weight excluding hydrogens is 234 g/mol. The Labute approximate surface area is 117 Å². The molecule has 19 heavy (non-hydrogen) atoms. The van der Waals surface area contributed by atoms with Gasteiger partial charge in [-0.1, -0.05) is 37.6 Å². The summed E-state index contributed by atoms with van der Waals surface area (Å²) in [5.41, 5.74) is 1.20. The summed E-state index contributed by atoms with van der Waals surface area (Å²) < 4.78 is 6.02. The van der Waals surface area contributed by atoms with Crippen molar-refractivity contribution < 1.29 is 4.74 Å². The zero-order chi connectivity index (χ0) is 14.1. The van der Waals surface area contributed by atoms with Crippen LogP contribution in [-0.2, 0) is 6.42 Å². The molecule has 2 atom stereocenters. The molecule has 0 spiro atoms. The van der Waals surface area contributed by atoms with Gasteiger partial charge in [0.05, 0.1) is 0 Å². The summed E-state index contributed by atoms with van der Waals surface area (Å²) in [6, 6.07) is 8.74. The van der Waals surface area contributed by atoms with E-state index in [0.717, 1.165) is 18.7 Å². The van der Waals surface area contributed by atoms with E-state index in [1.807, 2.05) is 24.3 Å². The van der Waals surface area contributed by atoms with Gasteiger partial charge in [-0.3, -0.25) is 0 Å². The Kier molecular flexibility index (Phi) is 7.27. The summed E-state index contributed by atoms with van der Waals surface area (Å²) in [5.74, 6) is 0.972. The van der Waals surface area contributed by atoms with E-state index in [4.69, 9.17) is 4.74 Å². The highest BCUT2D eigenvalue weighted by Gasteiger charge is 2.08. The first-order valence-electron chi connectivity index (χ1n) is 7.26. The number of para-hydroxylation sites is 1. The van der Waals surface area contributed by atoms with Crippen LogP contribution in [0.3, 0.4) is 0 Å². The summed E-state index contributed by atoms with van der Waals surface area (Å²) in [6.07, 6.45) is 5.35. The van der Waals surface area contributed by atoms with E-state index < -0.39 is 0 Å². The Morgan fingerprint density at radius 2 is 2.05 bits per heavy atom. The fourth-order valence-electron chi connectivity index (χ4n) is 2.10. The highest BCUT2D eigenvalue weighted by Crippen LogP contribution is 2.20. The van der Waals surface area contributed by atoms with Crippen molar-refractivity contribution >= 4 is 0 Å². The van der Waals surface area contributed by atoms with Gasteiger partial charge in [-0.25, -0.2) is 0 Å². The second kappa shape index (κ2) is 8.76. The molecule has 2 heteroatoms. The van der Waals surface area contributed by atoms with Crippen molar-refractivity contribution in [1.29, 1.82) is 0 Å². The summed E-state index contributed by atoms with van der Waals surface area (Å²) in [6.45, 7) is 11.2. The second-order valence-electron chi connectivity index (χ2n) is 5.13. The maximum absolute atomic E-state index is 6.02. The molecule has 2 nitrogen and oxygen atoms in total. The molecule has 0 aliphatic carbocycles. The number of hydrogen-bond acceptors (Lipinski definition) is 2. The SMILES string of the molecule is C=CCc1ccccc1OC(C)CNC(C)CCC. The fourth-order valence-corrected chi connectivity index (χ4v) is 2.10. The van der Waals surface area contributed by atoms with E-state index in [9.17, 15) is 0 Å². The lowest BCUT2D eigenvalue weighted by atomic mass is 10.1. The van der Waals surface area contributed by atoms with Gasteiger partial charge in [-0.2, -0.15) is 0 Å². The molecule has 1 aromatic carbocycles. The minimum absolute atomic E-state index is 0.172. The Bertz CT molecular complexity index is 375. The fraction of sp³-hybridized carbons (Fsp3) is 0.529. The van der Waals surface area contributed by atoms with E-state index in [-0.39, 0.29) is 6.10 Å². The molecule has 1 aromatic rings. The van der Waals surface area contributed by atoms with Gasteiger partial charge >= 0.3 is 0 Å². The number of rotatable bonds is 9. The van der Waals surface area contributed by atoms with Crippen LogP contribution in [0.4, 0.5) is 0 Å². The van der Waals surface area contributed by atoms with E-state index in [2.05, 4.69) is 38.7 Å². The molecule has 2 unspecified atom stereocenters.